The number of nitrogens with one attached hydrogen (secondary N) is 2. The molecular formula is C24H20FN3O6S. The lowest BCUT2D eigenvalue weighted by molar-refractivity contribution is -0.123. The minimum atomic E-state index is -4.39. The van der Waals surface area contributed by atoms with Crippen LogP contribution in [0, 0.1) is 17.1 Å². The summed E-state index contributed by atoms with van der Waals surface area (Å²) in [5.41, 5.74) is 0.545. The molecular weight excluding hydrogens is 477 g/mol. The molecule has 0 saturated carbocycles. The number of methoxy groups -OCH3 is 1. The molecule has 0 aliphatic rings. The predicted octanol–water partition coefficient (Wildman–Crippen LogP) is 3.69. The highest BCUT2D eigenvalue weighted by Gasteiger charge is 2.24. The quantitative estimate of drug-likeness (QED) is 0.453. The fourth-order valence-corrected chi connectivity index (χ4v) is 4.06. The zero-order chi connectivity index (χ0) is 25.6. The van der Waals surface area contributed by atoms with Crippen LogP contribution >= 0.6 is 0 Å². The molecule has 1 atom stereocenters. The van der Waals surface area contributed by atoms with Crippen LogP contribution in [0.25, 0.3) is 0 Å². The van der Waals surface area contributed by atoms with E-state index in [0.717, 1.165) is 18.2 Å². The van der Waals surface area contributed by atoms with Gasteiger partial charge in [0.1, 0.15) is 16.5 Å². The molecule has 35 heavy (non-hydrogen) atoms. The third kappa shape index (κ3) is 6.33. The molecule has 0 bridgehead atoms. The Balaban J connectivity index is 1.73. The molecule has 0 saturated heterocycles. The van der Waals surface area contributed by atoms with Crippen molar-refractivity contribution in [3.8, 4) is 11.8 Å². The molecule has 2 N–H and O–H groups in total. The average molecular weight is 498 g/mol. The first-order valence-corrected chi connectivity index (χ1v) is 11.6. The number of hydrogen-bond acceptors (Lipinski definition) is 7. The second kappa shape index (κ2) is 10.7. The van der Waals surface area contributed by atoms with Crippen molar-refractivity contribution in [1.82, 2.24) is 0 Å². The Morgan fingerprint density at radius 2 is 1.74 bits per heavy atom. The number of halogens is 1. The summed E-state index contributed by atoms with van der Waals surface area (Å²) in [4.78, 5) is 24.1. The number of hydrogen-bond donors (Lipinski definition) is 2. The molecule has 11 heteroatoms. The third-order valence-corrected chi connectivity index (χ3v) is 6.11. The van der Waals surface area contributed by atoms with Crippen molar-refractivity contribution < 1.29 is 31.9 Å². The van der Waals surface area contributed by atoms with Crippen LogP contribution in [0.3, 0.4) is 0 Å². The van der Waals surface area contributed by atoms with E-state index in [2.05, 4.69) is 10.0 Å². The molecule has 180 valence electrons. The molecule has 0 aromatic heterocycles. The van der Waals surface area contributed by atoms with Crippen LogP contribution in [-0.4, -0.2) is 33.5 Å². The smallest absolute Gasteiger partial charge is 0.338 e. The Morgan fingerprint density at radius 1 is 1.03 bits per heavy atom. The van der Waals surface area contributed by atoms with E-state index in [1.807, 2.05) is 6.07 Å². The monoisotopic (exact) mass is 497 g/mol. The number of anilines is 2. The molecule has 3 aromatic rings. The Morgan fingerprint density at radius 3 is 2.40 bits per heavy atom. The molecule has 1 amide bonds. The lowest BCUT2D eigenvalue weighted by Crippen LogP contribution is -2.30. The van der Waals surface area contributed by atoms with E-state index in [-0.39, 0.29) is 11.3 Å². The van der Waals surface area contributed by atoms with Crippen molar-refractivity contribution in [3.63, 3.8) is 0 Å². The van der Waals surface area contributed by atoms with E-state index in [1.54, 1.807) is 18.2 Å². The van der Waals surface area contributed by atoms with Gasteiger partial charge in [-0.2, -0.15) is 5.26 Å². The molecule has 0 spiro atoms. The van der Waals surface area contributed by atoms with Gasteiger partial charge in [-0.1, -0.05) is 6.07 Å². The van der Waals surface area contributed by atoms with Crippen LogP contribution in [-0.2, 0) is 19.6 Å². The van der Waals surface area contributed by atoms with Crippen molar-refractivity contribution in [3.05, 3.63) is 83.7 Å². The number of sulfonamides is 1. The van der Waals surface area contributed by atoms with Crippen LogP contribution < -0.4 is 14.8 Å². The molecule has 0 unspecified atom stereocenters. The molecule has 0 aliphatic carbocycles. The number of esters is 1. The second-order valence-corrected chi connectivity index (χ2v) is 8.86. The Hall–Kier alpha value is -4.43. The molecule has 0 fully saturated rings. The van der Waals surface area contributed by atoms with E-state index >= 15 is 0 Å². The number of nitrogens with zero attached hydrogens (tertiary/aromatic N) is 1. The molecule has 0 aliphatic heterocycles. The van der Waals surface area contributed by atoms with Gasteiger partial charge < -0.3 is 14.8 Å². The highest BCUT2D eigenvalue weighted by Crippen LogP contribution is 2.23. The number of carbonyl (C=O) groups excluding carboxylic acids is 2. The predicted molar refractivity (Wildman–Crippen MR) is 125 cm³/mol. The molecule has 0 heterocycles. The largest absolute Gasteiger partial charge is 0.497 e. The molecule has 3 rings (SSSR count). The van der Waals surface area contributed by atoms with Gasteiger partial charge in [0.2, 0.25) is 0 Å². The SMILES string of the molecule is COc1ccc(NS(=O)(=O)c2cc(C(=O)O[C@@H](C)C(=O)Nc3cccc(C#N)c3)ccc2F)cc1. The van der Waals surface area contributed by atoms with Crippen LogP contribution in [0.5, 0.6) is 5.75 Å². The summed E-state index contributed by atoms with van der Waals surface area (Å²) in [6, 6.07) is 16.7. The van der Waals surface area contributed by atoms with Crippen LogP contribution in [0.4, 0.5) is 15.8 Å². The van der Waals surface area contributed by atoms with Crippen LogP contribution in [0.1, 0.15) is 22.8 Å². The summed E-state index contributed by atoms with van der Waals surface area (Å²) >= 11 is 0. The lowest BCUT2D eigenvalue weighted by Gasteiger charge is -2.14. The number of nitriles is 1. The first-order valence-electron chi connectivity index (χ1n) is 10.1. The van der Waals surface area contributed by atoms with E-state index < -0.39 is 38.7 Å². The van der Waals surface area contributed by atoms with E-state index in [0.29, 0.717) is 17.0 Å². The van der Waals surface area contributed by atoms with Crippen molar-refractivity contribution >= 4 is 33.3 Å². The number of rotatable bonds is 8. The van der Waals surface area contributed by atoms with Gasteiger partial charge in [0.25, 0.3) is 15.9 Å². The number of amides is 1. The molecule has 9 nitrogen and oxygen atoms in total. The van der Waals surface area contributed by atoms with Gasteiger partial charge in [-0.3, -0.25) is 9.52 Å². The van der Waals surface area contributed by atoms with Gasteiger partial charge in [-0.25, -0.2) is 17.6 Å². The minimum absolute atomic E-state index is 0.156. The third-order valence-electron chi connectivity index (χ3n) is 4.71. The highest BCUT2D eigenvalue weighted by molar-refractivity contribution is 7.92. The first-order chi connectivity index (χ1) is 16.6. The van der Waals surface area contributed by atoms with Gasteiger partial charge in [0.15, 0.2) is 6.10 Å². The first kappa shape index (κ1) is 25.2. The van der Waals surface area contributed by atoms with Gasteiger partial charge >= 0.3 is 5.97 Å². The standard InChI is InChI=1S/C24H20FN3O6S/c1-15(23(29)27-19-5-3-4-16(12-19)14-26)34-24(30)17-6-11-21(25)22(13-17)35(31,32)28-18-7-9-20(33-2)10-8-18/h3-13,15,28H,1-2H3,(H,27,29)/t15-/m0/s1. The summed E-state index contributed by atoms with van der Waals surface area (Å²) in [5.74, 6) is -2.28. The summed E-state index contributed by atoms with van der Waals surface area (Å²) in [5, 5.41) is 11.5. The van der Waals surface area contributed by atoms with Gasteiger partial charge in [0, 0.05) is 11.4 Å². The Bertz CT molecular complexity index is 1400. The van der Waals surface area contributed by atoms with Crippen molar-refractivity contribution in [2.45, 2.75) is 17.9 Å². The van der Waals surface area contributed by atoms with Gasteiger partial charge in [-0.05, 0) is 67.6 Å². The number of carbonyl (C=O) groups is 2. The number of ether oxygens (including phenoxy) is 2. The maximum Gasteiger partial charge on any atom is 0.338 e. The number of benzene rings is 3. The van der Waals surface area contributed by atoms with Crippen LogP contribution in [0.2, 0.25) is 0 Å². The minimum Gasteiger partial charge on any atom is -0.497 e. The maximum absolute atomic E-state index is 14.4. The van der Waals surface area contributed by atoms with E-state index in [9.17, 15) is 22.4 Å². The van der Waals surface area contributed by atoms with Gasteiger partial charge in [-0.15, -0.1) is 0 Å². The van der Waals surface area contributed by atoms with Crippen molar-refractivity contribution in [1.29, 1.82) is 5.26 Å². The fraction of sp³-hybridized carbons (Fsp3) is 0.125. The van der Waals surface area contributed by atoms with Crippen LogP contribution in [0.15, 0.2) is 71.6 Å². The molecule has 0 radical (unpaired) electrons. The van der Waals surface area contributed by atoms with Crippen molar-refractivity contribution in [2.24, 2.45) is 0 Å². The normalized spacial score (nSPS) is 11.6. The lowest BCUT2D eigenvalue weighted by atomic mass is 10.2. The summed E-state index contributed by atoms with van der Waals surface area (Å²) in [6.07, 6.45) is -1.27. The van der Waals surface area contributed by atoms with Gasteiger partial charge in [0.05, 0.1) is 24.3 Å². The zero-order valence-corrected chi connectivity index (χ0v) is 19.4. The highest BCUT2D eigenvalue weighted by atomic mass is 32.2. The summed E-state index contributed by atoms with van der Waals surface area (Å²) in [7, 11) is -2.94. The average Bonchev–Trinajstić information content (AvgIpc) is 2.84. The van der Waals surface area contributed by atoms with E-state index in [4.69, 9.17) is 14.7 Å². The summed E-state index contributed by atoms with van der Waals surface area (Å²) in [6.45, 7) is 1.31. The van der Waals surface area contributed by atoms with E-state index in [1.165, 1.54) is 44.4 Å². The Kier molecular flexibility index (Phi) is 7.68. The second-order valence-electron chi connectivity index (χ2n) is 7.21. The Labute approximate surface area is 201 Å². The van der Waals surface area contributed by atoms with Crippen molar-refractivity contribution in [2.75, 3.05) is 17.1 Å². The zero-order valence-electron chi connectivity index (χ0n) is 18.6. The maximum atomic E-state index is 14.4. The topological polar surface area (TPSA) is 135 Å². The summed E-state index contributed by atoms with van der Waals surface area (Å²) < 4.78 is 52.1. The fourth-order valence-electron chi connectivity index (χ4n) is 2.90. The molecule has 3 aromatic carbocycles.